The summed E-state index contributed by atoms with van der Waals surface area (Å²) < 4.78 is 53.0. The highest BCUT2D eigenvalue weighted by molar-refractivity contribution is 7.92. The lowest BCUT2D eigenvalue weighted by Crippen LogP contribution is -2.16. The highest BCUT2D eigenvalue weighted by Gasteiger charge is 2.20. The van der Waals surface area contributed by atoms with E-state index in [1.165, 1.54) is 13.0 Å². The average Bonchev–Trinajstić information content (AvgIpc) is 2.40. The fourth-order valence-corrected chi connectivity index (χ4v) is 2.37. The molecule has 2 aromatic rings. The van der Waals surface area contributed by atoms with Gasteiger partial charge in [-0.25, -0.2) is 27.2 Å². The number of nitrogen functional groups attached to an aromatic ring is 1. The van der Waals surface area contributed by atoms with Gasteiger partial charge in [0, 0.05) is 0 Å². The third kappa shape index (κ3) is 2.67. The van der Waals surface area contributed by atoms with Gasteiger partial charge in [-0.3, -0.25) is 4.72 Å². The van der Waals surface area contributed by atoms with Crippen LogP contribution in [0.3, 0.4) is 0 Å². The zero-order valence-electron chi connectivity index (χ0n) is 10.3. The average molecular weight is 300 g/mol. The van der Waals surface area contributed by atoms with Gasteiger partial charge in [0.25, 0.3) is 10.0 Å². The van der Waals surface area contributed by atoms with Gasteiger partial charge in [0.05, 0.1) is 12.4 Å². The summed E-state index contributed by atoms with van der Waals surface area (Å²) in [4.78, 5) is 6.66. The van der Waals surface area contributed by atoms with Crippen LogP contribution in [0.25, 0.3) is 0 Å². The fraction of sp³-hybridized carbons (Fsp3) is 0.0909. The van der Waals surface area contributed by atoms with Gasteiger partial charge >= 0.3 is 0 Å². The van der Waals surface area contributed by atoms with Crippen LogP contribution in [0.1, 0.15) is 5.56 Å². The maximum atomic E-state index is 13.8. The molecule has 0 atom stereocenters. The Hall–Kier alpha value is -2.29. The van der Waals surface area contributed by atoms with Crippen molar-refractivity contribution in [3.63, 3.8) is 0 Å². The molecule has 1 aromatic heterocycles. The van der Waals surface area contributed by atoms with E-state index in [1.807, 2.05) is 4.72 Å². The highest BCUT2D eigenvalue weighted by atomic mass is 32.2. The molecule has 1 aromatic carbocycles. The number of benzene rings is 1. The third-order valence-electron chi connectivity index (χ3n) is 2.48. The van der Waals surface area contributed by atoms with E-state index in [1.54, 1.807) is 0 Å². The summed E-state index contributed by atoms with van der Waals surface area (Å²) in [6, 6.07) is 2.17. The first kappa shape index (κ1) is 14.1. The first-order valence-electron chi connectivity index (χ1n) is 5.36. The molecule has 20 heavy (non-hydrogen) atoms. The Balaban J connectivity index is 2.43. The molecule has 2 rings (SSSR count). The predicted molar refractivity (Wildman–Crippen MR) is 68.3 cm³/mol. The molecule has 0 fully saturated rings. The Kier molecular flexibility index (Phi) is 3.53. The van der Waals surface area contributed by atoms with Crippen LogP contribution in [0, 0.1) is 18.6 Å². The van der Waals surface area contributed by atoms with Gasteiger partial charge in [-0.2, -0.15) is 0 Å². The molecule has 0 amide bonds. The number of hydrogen-bond donors (Lipinski definition) is 2. The Bertz CT molecular complexity index is 748. The molecule has 3 N–H and O–H groups in total. The minimum absolute atomic E-state index is 0.109. The zero-order chi connectivity index (χ0) is 14.9. The number of halogens is 2. The maximum Gasteiger partial charge on any atom is 0.265 e. The van der Waals surface area contributed by atoms with Gasteiger partial charge in [-0.05, 0) is 18.6 Å². The van der Waals surface area contributed by atoms with Crippen LogP contribution in [0.4, 0.5) is 20.4 Å². The monoisotopic (exact) mass is 300 g/mol. The molecule has 0 aliphatic carbocycles. The largest absolute Gasteiger partial charge is 0.368 e. The number of sulfonamides is 1. The molecule has 106 valence electrons. The van der Waals surface area contributed by atoms with Crippen molar-refractivity contribution in [1.29, 1.82) is 0 Å². The lowest BCUT2D eigenvalue weighted by molar-refractivity contribution is 0.578. The van der Waals surface area contributed by atoms with Gasteiger partial charge < -0.3 is 5.73 Å². The van der Waals surface area contributed by atoms with Crippen LogP contribution >= 0.6 is 0 Å². The fourth-order valence-electron chi connectivity index (χ4n) is 1.41. The molecule has 1 heterocycles. The van der Waals surface area contributed by atoms with Crippen molar-refractivity contribution in [3.05, 3.63) is 41.7 Å². The summed E-state index contributed by atoms with van der Waals surface area (Å²) >= 11 is 0. The second-order valence-corrected chi connectivity index (χ2v) is 5.62. The van der Waals surface area contributed by atoms with Crippen molar-refractivity contribution in [2.75, 3.05) is 10.5 Å². The van der Waals surface area contributed by atoms with Crippen molar-refractivity contribution < 1.29 is 17.2 Å². The van der Waals surface area contributed by atoms with E-state index in [9.17, 15) is 17.2 Å². The van der Waals surface area contributed by atoms with E-state index < -0.39 is 27.3 Å². The van der Waals surface area contributed by atoms with Crippen molar-refractivity contribution in [2.45, 2.75) is 11.8 Å². The number of aryl methyl sites for hydroxylation is 1. The lowest BCUT2D eigenvalue weighted by atomic mass is 10.2. The van der Waals surface area contributed by atoms with Crippen LogP contribution in [-0.4, -0.2) is 18.4 Å². The number of hydrogen-bond acceptors (Lipinski definition) is 5. The molecule has 0 saturated heterocycles. The number of nitrogens with one attached hydrogen (secondary N) is 1. The second-order valence-electron chi connectivity index (χ2n) is 3.94. The summed E-state index contributed by atoms with van der Waals surface area (Å²) in [6.07, 6.45) is 1.88. The van der Waals surface area contributed by atoms with Gasteiger partial charge in [0.1, 0.15) is 16.4 Å². The molecular formula is C11H10F2N4O2S. The molecule has 0 unspecified atom stereocenters. The predicted octanol–water partition coefficient (Wildman–Crippen LogP) is 1.45. The number of anilines is 2. The van der Waals surface area contributed by atoms with Crippen molar-refractivity contribution in [3.8, 4) is 0 Å². The van der Waals surface area contributed by atoms with E-state index in [2.05, 4.69) is 9.97 Å². The van der Waals surface area contributed by atoms with E-state index >= 15 is 0 Å². The minimum atomic E-state index is -4.20. The molecule has 0 saturated carbocycles. The second kappa shape index (κ2) is 5.00. The van der Waals surface area contributed by atoms with Gasteiger partial charge in [0.2, 0.25) is 5.95 Å². The number of nitrogens with zero attached hydrogens (tertiary/aromatic N) is 2. The first-order chi connectivity index (χ1) is 9.31. The molecule has 0 aliphatic heterocycles. The normalized spacial score (nSPS) is 11.3. The molecule has 0 radical (unpaired) electrons. The molecule has 9 heteroatoms. The third-order valence-corrected chi connectivity index (χ3v) is 3.78. The van der Waals surface area contributed by atoms with Gasteiger partial charge in [0.15, 0.2) is 5.82 Å². The van der Waals surface area contributed by atoms with Crippen LogP contribution in [0.15, 0.2) is 29.4 Å². The van der Waals surface area contributed by atoms with Crippen LogP contribution in [0.5, 0.6) is 0 Å². The van der Waals surface area contributed by atoms with Gasteiger partial charge in [-0.15, -0.1) is 0 Å². The summed E-state index contributed by atoms with van der Waals surface area (Å²) in [5.74, 6) is -2.12. The van der Waals surface area contributed by atoms with Crippen LogP contribution in [-0.2, 0) is 10.0 Å². The van der Waals surface area contributed by atoms with Gasteiger partial charge in [-0.1, -0.05) is 6.07 Å². The molecule has 0 aliphatic rings. The van der Waals surface area contributed by atoms with Crippen molar-refractivity contribution in [1.82, 2.24) is 9.97 Å². The zero-order valence-corrected chi connectivity index (χ0v) is 11.1. The van der Waals surface area contributed by atoms with Crippen LogP contribution in [0.2, 0.25) is 0 Å². The summed E-state index contributed by atoms with van der Waals surface area (Å²) in [5, 5.41) is 0. The summed E-state index contributed by atoms with van der Waals surface area (Å²) in [7, 11) is -4.20. The van der Waals surface area contributed by atoms with Crippen molar-refractivity contribution >= 4 is 21.7 Å². The maximum absolute atomic E-state index is 13.8. The van der Waals surface area contributed by atoms with Crippen LogP contribution < -0.4 is 10.5 Å². The lowest BCUT2D eigenvalue weighted by Gasteiger charge is -2.10. The first-order valence-corrected chi connectivity index (χ1v) is 6.84. The molecular weight excluding hydrogens is 290 g/mol. The molecule has 0 bridgehead atoms. The Labute approximate surface area is 113 Å². The van der Waals surface area contributed by atoms with E-state index in [0.717, 1.165) is 18.5 Å². The molecule has 6 nitrogen and oxygen atoms in total. The van der Waals surface area contributed by atoms with E-state index in [-0.39, 0.29) is 16.4 Å². The standard InChI is InChI=1S/C11H10F2N4O2S/c1-6-2-3-8(12)10(9(6)13)17-20(18,19)7-4-15-11(14)16-5-7/h2-5,17H,1H3,(H2,14,15,16). The number of aromatic nitrogens is 2. The Morgan fingerprint density at radius 2 is 1.80 bits per heavy atom. The SMILES string of the molecule is Cc1ccc(F)c(NS(=O)(=O)c2cnc(N)nc2)c1F. The number of nitrogens with two attached hydrogens (primary N) is 1. The Morgan fingerprint density at radius 1 is 1.20 bits per heavy atom. The Morgan fingerprint density at radius 3 is 2.40 bits per heavy atom. The minimum Gasteiger partial charge on any atom is -0.368 e. The van der Waals surface area contributed by atoms with E-state index in [4.69, 9.17) is 5.73 Å². The topological polar surface area (TPSA) is 98.0 Å². The quantitative estimate of drug-likeness (QED) is 0.894. The van der Waals surface area contributed by atoms with Crippen molar-refractivity contribution in [2.24, 2.45) is 0 Å². The molecule has 0 spiro atoms. The van der Waals surface area contributed by atoms with E-state index in [0.29, 0.717) is 0 Å². The highest BCUT2D eigenvalue weighted by Crippen LogP contribution is 2.24. The smallest absolute Gasteiger partial charge is 0.265 e. The number of rotatable bonds is 3. The summed E-state index contributed by atoms with van der Waals surface area (Å²) in [5.41, 5.74) is 4.59. The summed E-state index contributed by atoms with van der Waals surface area (Å²) in [6.45, 7) is 1.39.